The highest BCUT2D eigenvalue weighted by atomic mass is 16.5. The summed E-state index contributed by atoms with van der Waals surface area (Å²) in [4.78, 5) is 0. The molecule has 0 heterocycles. The Balaban J connectivity index is 2.14. The number of phenols is 2. The van der Waals surface area contributed by atoms with Crippen LogP contribution in [0.3, 0.4) is 0 Å². The van der Waals surface area contributed by atoms with E-state index in [9.17, 15) is 10.2 Å². The number of rotatable bonds is 2. The number of hydrogen-bond acceptors (Lipinski definition) is 3. The maximum atomic E-state index is 10.4. The molecule has 0 saturated heterocycles. The standard InChI is InChI=1S/C22H32O3/c1-14-7-10-19-21(2,3)11-6-12-22(19,4)16(14)13-15-18(25-5)9-8-17(23)20(15)24/h8-9,13-14,19,23-24H,6-7,10-12H2,1-5H3/b16-13+/t14-,19-,22+/m1/s1. The molecule has 0 unspecified atom stereocenters. The van der Waals surface area contributed by atoms with E-state index < -0.39 is 0 Å². The summed E-state index contributed by atoms with van der Waals surface area (Å²) in [7, 11) is 1.60. The zero-order chi connectivity index (χ0) is 18.4. The lowest BCUT2D eigenvalue weighted by molar-refractivity contribution is -0.00535. The van der Waals surface area contributed by atoms with Crippen LogP contribution >= 0.6 is 0 Å². The molecule has 0 amide bonds. The fourth-order valence-corrected chi connectivity index (χ4v) is 5.67. The summed E-state index contributed by atoms with van der Waals surface area (Å²) in [6, 6.07) is 3.20. The molecule has 2 aliphatic rings. The van der Waals surface area contributed by atoms with Crippen LogP contribution in [0.15, 0.2) is 17.7 Å². The maximum absolute atomic E-state index is 10.4. The van der Waals surface area contributed by atoms with Gasteiger partial charge in [0.05, 0.1) is 12.7 Å². The molecule has 3 rings (SSSR count). The van der Waals surface area contributed by atoms with Crippen molar-refractivity contribution in [2.75, 3.05) is 7.11 Å². The molecule has 0 aromatic heterocycles. The van der Waals surface area contributed by atoms with Crippen molar-refractivity contribution in [3.8, 4) is 17.2 Å². The second-order valence-corrected chi connectivity index (χ2v) is 8.94. The summed E-state index contributed by atoms with van der Waals surface area (Å²) in [5, 5.41) is 20.4. The number of ether oxygens (including phenoxy) is 1. The third-order valence-corrected chi connectivity index (χ3v) is 6.98. The zero-order valence-corrected chi connectivity index (χ0v) is 16.2. The van der Waals surface area contributed by atoms with E-state index in [0.29, 0.717) is 28.6 Å². The van der Waals surface area contributed by atoms with Crippen molar-refractivity contribution in [1.82, 2.24) is 0 Å². The number of aromatic hydroxyl groups is 2. The number of phenolic OH excluding ortho intramolecular Hbond substituents is 2. The normalized spacial score (nSPS) is 33.1. The molecule has 3 heteroatoms. The Hall–Kier alpha value is -1.64. The molecule has 0 bridgehead atoms. The molecule has 0 aliphatic heterocycles. The van der Waals surface area contributed by atoms with Gasteiger partial charge in [0.15, 0.2) is 11.5 Å². The number of allylic oxidation sites excluding steroid dienone is 1. The van der Waals surface area contributed by atoms with Crippen LogP contribution < -0.4 is 4.74 Å². The largest absolute Gasteiger partial charge is 0.504 e. The summed E-state index contributed by atoms with van der Waals surface area (Å²) in [6.45, 7) is 9.53. The summed E-state index contributed by atoms with van der Waals surface area (Å²) in [5.41, 5.74) is 2.49. The van der Waals surface area contributed by atoms with Crippen LogP contribution in [-0.4, -0.2) is 17.3 Å². The molecule has 25 heavy (non-hydrogen) atoms. The highest BCUT2D eigenvalue weighted by molar-refractivity contribution is 5.70. The van der Waals surface area contributed by atoms with Crippen LogP contribution in [0.2, 0.25) is 0 Å². The zero-order valence-electron chi connectivity index (χ0n) is 16.2. The Morgan fingerprint density at radius 2 is 1.84 bits per heavy atom. The molecule has 2 N–H and O–H groups in total. The average molecular weight is 344 g/mol. The Labute approximate surface area is 151 Å². The van der Waals surface area contributed by atoms with Crippen molar-refractivity contribution < 1.29 is 14.9 Å². The first kappa shape index (κ1) is 18.2. The molecule has 1 aromatic rings. The first-order valence-electron chi connectivity index (χ1n) is 9.51. The predicted octanol–water partition coefficient (Wildman–Crippen LogP) is 5.75. The lowest BCUT2D eigenvalue weighted by Crippen LogP contribution is -2.47. The van der Waals surface area contributed by atoms with E-state index in [1.807, 2.05) is 0 Å². The van der Waals surface area contributed by atoms with E-state index in [4.69, 9.17) is 4.74 Å². The van der Waals surface area contributed by atoms with E-state index in [-0.39, 0.29) is 16.9 Å². The van der Waals surface area contributed by atoms with E-state index in [1.165, 1.54) is 43.7 Å². The lowest BCUT2D eigenvalue weighted by atomic mass is 9.48. The van der Waals surface area contributed by atoms with Crippen molar-refractivity contribution in [3.63, 3.8) is 0 Å². The minimum absolute atomic E-state index is 0.0835. The average Bonchev–Trinajstić information content (AvgIpc) is 2.54. The molecule has 0 spiro atoms. The lowest BCUT2D eigenvalue weighted by Gasteiger charge is -2.56. The van der Waals surface area contributed by atoms with Gasteiger partial charge in [-0.2, -0.15) is 0 Å². The Kier molecular flexibility index (Phi) is 4.55. The molecule has 2 saturated carbocycles. The molecule has 0 radical (unpaired) electrons. The molecule has 138 valence electrons. The monoisotopic (exact) mass is 344 g/mol. The van der Waals surface area contributed by atoms with Gasteiger partial charge in [-0.25, -0.2) is 0 Å². The topological polar surface area (TPSA) is 49.7 Å². The predicted molar refractivity (Wildman–Crippen MR) is 102 cm³/mol. The molecular weight excluding hydrogens is 312 g/mol. The van der Waals surface area contributed by atoms with Crippen molar-refractivity contribution >= 4 is 6.08 Å². The number of benzene rings is 1. The first-order valence-corrected chi connectivity index (χ1v) is 9.51. The van der Waals surface area contributed by atoms with Gasteiger partial charge in [-0.3, -0.25) is 0 Å². The molecule has 3 nitrogen and oxygen atoms in total. The second-order valence-electron chi connectivity index (χ2n) is 8.94. The van der Waals surface area contributed by atoms with E-state index in [2.05, 4.69) is 33.8 Å². The summed E-state index contributed by atoms with van der Waals surface area (Å²) >= 11 is 0. The van der Waals surface area contributed by atoms with Gasteiger partial charge in [0.25, 0.3) is 0 Å². The smallest absolute Gasteiger partial charge is 0.168 e. The van der Waals surface area contributed by atoms with E-state index in [1.54, 1.807) is 13.2 Å². The highest BCUT2D eigenvalue weighted by Crippen LogP contribution is 2.61. The second kappa shape index (κ2) is 6.26. The minimum Gasteiger partial charge on any atom is -0.504 e. The third-order valence-electron chi connectivity index (χ3n) is 6.98. The quantitative estimate of drug-likeness (QED) is 0.671. The van der Waals surface area contributed by atoms with Gasteiger partial charge in [-0.1, -0.05) is 39.7 Å². The van der Waals surface area contributed by atoms with Gasteiger partial charge in [0.2, 0.25) is 0 Å². The van der Waals surface area contributed by atoms with Gasteiger partial charge in [-0.05, 0) is 66.6 Å². The summed E-state index contributed by atoms with van der Waals surface area (Å²) < 4.78 is 5.45. The number of fused-ring (bicyclic) bond motifs is 1. The van der Waals surface area contributed by atoms with Gasteiger partial charge in [0.1, 0.15) is 5.75 Å². The van der Waals surface area contributed by atoms with Crippen LogP contribution in [0.25, 0.3) is 6.08 Å². The SMILES string of the molecule is COc1ccc(O)c(O)c1/C=C1\[C@H](C)CC[C@@H]2C(C)(C)CCC[C@@]12C. The van der Waals surface area contributed by atoms with Crippen molar-refractivity contribution in [2.24, 2.45) is 22.7 Å². The Morgan fingerprint density at radius 1 is 1.12 bits per heavy atom. The highest BCUT2D eigenvalue weighted by Gasteiger charge is 2.51. The van der Waals surface area contributed by atoms with Gasteiger partial charge in [-0.15, -0.1) is 0 Å². The fourth-order valence-electron chi connectivity index (χ4n) is 5.67. The van der Waals surface area contributed by atoms with Gasteiger partial charge >= 0.3 is 0 Å². The van der Waals surface area contributed by atoms with Crippen LogP contribution in [0.1, 0.15) is 65.4 Å². The van der Waals surface area contributed by atoms with E-state index in [0.717, 1.165) is 0 Å². The molecule has 3 atom stereocenters. The van der Waals surface area contributed by atoms with E-state index >= 15 is 0 Å². The molecule has 2 fully saturated rings. The summed E-state index contributed by atoms with van der Waals surface area (Å²) in [5.74, 6) is 1.56. The van der Waals surface area contributed by atoms with Gasteiger partial charge in [0, 0.05) is 0 Å². The third kappa shape index (κ3) is 2.92. The molecular formula is C22H32O3. The number of methoxy groups -OCH3 is 1. The Morgan fingerprint density at radius 3 is 2.52 bits per heavy atom. The van der Waals surface area contributed by atoms with Crippen molar-refractivity contribution in [2.45, 2.75) is 59.8 Å². The number of hydrogen-bond donors (Lipinski definition) is 2. The van der Waals surface area contributed by atoms with Crippen LogP contribution in [0.4, 0.5) is 0 Å². The van der Waals surface area contributed by atoms with Crippen LogP contribution in [0, 0.1) is 22.7 Å². The fraction of sp³-hybridized carbons (Fsp3) is 0.636. The molecule has 2 aliphatic carbocycles. The van der Waals surface area contributed by atoms with Crippen LogP contribution in [-0.2, 0) is 0 Å². The maximum Gasteiger partial charge on any atom is 0.168 e. The first-order chi connectivity index (χ1) is 11.7. The van der Waals surface area contributed by atoms with Crippen LogP contribution in [0.5, 0.6) is 17.2 Å². The minimum atomic E-state index is -0.0956. The van der Waals surface area contributed by atoms with Gasteiger partial charge < -0.3 is 14.9 Å². The van der Waals surface area contributed by atoms with Crippen molar-refractivity contribution in [1.29, 1.82) is 0 Å². The van der Waals surface area contributed by atoms with Crippen molar-refractivity contribution in [3.05, 3.63) is 23.3 Å². The molecule has 1 aromatic carbocycles. The Bertz CT molecular complexity index is 689. The summed E-state index contributed by atoms with van der Waals surface area (Å²) in [6.07, 6.45) is 8.27.